The Kier molecular flexibility index (Phi) is 5.59. The molecule has 1 aliphatic carbocycles. The van der Waals surface area contributed by atoms with Gasteiger partial charge in [0.1, 0.15) is 0 Å². The standard InChI is InChI=1S/C13H25NO2/c1-2-5-13(4-1)16-9-3-8-14-12-6-10-15-11-7-12/h12-14H,1-11H2. The van der Waals surface area contributed by atoms with Gasteiger partial charge in [-0.3, -0.25) is 0 Å². The Morgan fingerprint density at radius 2 is 1.81 bits per heavy atom. The molecule has 16 heavy (non-hydrogen) atoms. The summed E-state index contributed by atoms with van der Waals surface area (Å²) < 4.78 is 11.2. The van der Waals surface area contributed by atoms with Crippen molar-refractivity contribution in [2.75, 3.05) is 26.4 Å². The maximum atomic E-state index is 5.83. The van der Waals surface area contributed by atoms with Crippen LogP contribution in [0.1, 0.15) is 44.9 Å². The van der Waals surface area contributed by atoms with Crippen molar-refractivity contribution in [2.45, 2.75) is 57.1 Å². The molecule has 1 saturated carbocycles. The number of hydrogen-bond acceptors (Lipinski definition) is 3. The molecular formula is C13H25NO2. The van der Waals surface area contributed by atoms with Gasteiger partial charge in [-0.25, -0.2) is 0 Å². The first-order valence-corrected chi connectivity index (χ1v) is 6.88. The topological polar surface area (TPSA) is 30.5 Å². The van der Waals surface area contributed by atoms with E-state index < -0.39 is 0 Å². The summed E-state index contributed by atoms with van der Waals surface area (Å²) in [6.45, 7) is 3.88. The van der Waals surface area contributed by atoms with Crippen LogP contribution in [0.15, 0.2) is 0 Å². The van der Waals surface area contributed by atoms with E-state index in [1.165, 1.54) is 38.5 Å². The number of nitrogens with one attached hydrogen (secondary N) is 1. The first kappa shape index (κ1) is 12.3. The highest BCUT2D eigenvalue weighted by Crippen LogP contribution is 2.20. The highest BCUT2D eigenvalue weighted by atomic mass is 16.5. The smallest absolute Gasteiger partial charge is 0.0575 e. The Bertz CT molecular complexity index is 175. The van der Waals surface area contributed by atoms with E-state index in [0.717, 1.165) is 32.8 Å². The van der Waals surface area contributed by atoms with Gasteiger partial charge >= 0.3 is 0 Å². The minimum Gasteiger partial charge on any atom is -0.381 e. The molecule has 2 rings (SSSR count). The summed E-state index contributed by atoms with van der Waals surface area (Å²) in [5.41, 5.74) is 0. The highest BCUT2D eigenvalue weighted by Gasteiger charge is 2.15. The van der Waals surface area contributed by atoms with E-state index in [9.17, 15) is 0 Å². The molecule has 0 amide bonds. The average molecular weight is 227 g/mol. The van der Waals surface area contributed by atoms with Gasteiger partial charge in [-0.1, -0.05) is 12.8 Å². The molecular weight excluding hydrogens is 202 g/mol. The van der Waals surface area contributed by atoms with Crippen molar-refractivity contribution in [3.8, 4) is 0 Å². The summed E-state index contributed by atoms with van der Waals surface area (Å²) in [6, 6.07) is 0.681. The lowest BCUT2D eigenvalue weighted by Crippen LogP contribution is -2.35. The fourth-order valence-electron chi connectivity index (χ4n) is 2.59. The highest BCUT2D eigenvalue weighted by molar-refractivity contribution is 4.70. The molecule has 3 heteroatoms. The van der Waals surface area contributed by atoms with Gasteiger partial charge in [0.2, 0.25) is 0 Å². The minimum atomic E-state index is 0.572. The summed E-state index contributed by atoms with van der Waals surface area (Å²) in [7, 11) is 0. The van der Waals surface area contributed by atoms with Gasteiger partial charge in [0.05, 0.1) is 6.10 Å². The van der Waals surface area contributed by atoms with Crippen molar-refractivity contribution in [3.63, 3.8) is 0 Å². The Morgan fingerprint density at radius 3 is 2.56 bits per heavy atom. The Labute approximate surface area is 98.9 Å². The molecule has 2 fully saturated rings. The van der Waals surface area contributed by atoms with E-state index in [4.69, 9.17) is 9.47 Å². The van der Waals surface area contributed by atoms with Crippen LogP contribution in [0.4, 0.5) is 0 Å². The first-order valence-electron chi connectivity index (χ1n) is 6.88. The predicted molar refractivity (Wildman–Crippen MR) is 64.7 cm³/mol. The van der Waals surface area contributed by atoms with Crippen LogP contribution in [-0.4, -0.2) is 38.5 Å². The van der Waals surface area contributed by atoms with E-state index in [1.807, 2.05) is 0 Å². The van der Waals surface area contributed by atoms with Gasteiger partial charge in [-0.15, -0.1) is 0 Å². The van der Waals surface area contributed by atoms with Crippen LogP contribution in [0.5, 0.6) is 0 Å². The van der Waals surface area contributed by atoms with Crippen molar-refractivity contribution in [1.82, 2.24) is 5.32 Å². The van der Waals surface area contributed by atoms with Gasteiger partial charge in [-0.2, -0.15) is 0 Å². The zero-order chi connectivity index (χ0) is 11.1. The lowest BCUT2D eigenvalue weighted by atomic mass is 10.1. The second kappa shape index (κ2) is 7.25. The van der Waals surface area contributed by atoms with Crippen LogP contribution in [0, 0.1) is 0 Å². The maximum absolute atomic E-state index is 5.83. The molecule has 3 nitrogen and oxygen atoms in total. The maximum Gasteiger partial charge on any atom is 0.0575 e. The molecule has 0 bridgehead atoms. The van der Waals surface area contributed by atoms with Crippen LogP contribution in [-0.2, 0) is 9.47 Å². The zero-order valence-corrected chi connectivity index (χ0v) is 10.2. The lowest BCUT2D eigenvalue weighted by molar-refractivity contribution is 0.0538. The van der Waals surface area contributed by atoms with E-state index >= 15 is 0 Å². The number of hydrogen-bond donors (Lipinski definition) is 1. The largest absolute Gasteiger partial charge is 0.381 e. The van der Waals surface area contributed by atoms with Crippen LogP contribution in [0.2, 0.25) is 0 Å². The normalized spacial score (nSPS) is 24.0. The molecule has 1 aliphatic heterocycles. The Morgan fingerprint density at radius 1 is 1.06 bits per heavy atom. The van der Waals surface area contributed by atoms with Gasteiger partial charge < -0.3 is 14.8 Å². The molecule has 1 N–H and O–H groups in total. The molecule has 2 aliphatic rings. The molecule has 0 spiro atoms. The first-order chi connectivity index (χ1) is 7.95. The molecule has 0 aromatic rings. The molecule has 0 radical (unpaired) electrons. The van der Waals surface area contributed by atoms with Gasteiger partial charge in [0.25, 0.3) is 0 Å². The van der Waals surface area contributed by atoms with E-state index in [1.54, 1.807) is 0 Å². The number of ether oxygens (including phenoxy) is 2. The molecule has 0 atom stereocenters. The number of rotatable bonds is 6. The molecule has 0 aromatic heterocycles. The van der Waals surface area contributed by atoms with E-state index in [-0.39, 0.29) is 0 Å². The van der Waals surface area contributed by atoms with E-state index in [0.29, 0.717) is 12.1 Å². The molecule has 0 aromatic carbocycles. The van der Waals surface area contributed by atoms with Crippen LogP contribution >= 0.6 is 0 Å². The van der Waals surface area contributed by atoms with Crippen molar-refractivity contribution < 1.29 is 9.47 Å². The summed E-state index contributed by atoms with van der Waals surface area (Å²) in [6.07, 6.45) is 9.36. The third kappa shape index (κ3) is 4.40. The summed E-state index contributed by atoms with van der Waals surface area (Å²) >= 11 is 0. The molecule has 94 valence electrons. The van der Waals surface area contributed by atoms with Crippen molar-refractivity contribution in [2.24, 2.45) is 0 Å². The SMILES string of the molecule is C(CNC1CCOCC1)COC1CCCC1. The second-order valence-corrected chi connectivity index (χ2v) is 4.97. The Hall–Kier alpha value is -0.120. The fraction of sp³-hybridized carbons (Fsp3) is 1.00. The van der Waals surface area contributed by atoms with Crippen molar-refractivity contribution in [1.29, 1.82) is 0 Å². The molecule has 1 saturated heterocycles. The zero-order valence-electron chi connectivity index (χ0n) is 10.2. The molecule has 1 heterocycles. The summed E-state index contributed by atoms with van der Waals surface area (Å²) in [5.74, 6) is 0. The predicted octanol–water partition coefficient (Wildman–Crippen LogP) is 2.10. The van der Waals surface area contributed by atoms with E-state index in [2.05, 4.69) is 5.32 Å². The quantitative estimate of drug-likeness (QED) is 0.705. The van der Waals surface area contributed by atoms with Crippen molar-refractivity contribution in [3.05, 3.63) is 0 Å². The van der Waals surface area contributed by atoms with Gasteiger partial charge in [0.15, 0.2) is 0 Å². The third-order valence-corrected chi connectivity index (χ3v) is 3.63. The van der Waals surface area contributed by atoms with Crippen LogP contribution in [0.25, 0.3) is 0 Å². The second-order valence-electron chi connectivity index (χ2n) is 4.97. The minimum absolute atomic E-state index is 0.572. The fourth-order valence-corrected chi connectivity index (χ4v) is 2.59. The lowest BCUT2D eigenvalue weighted by Gasteiger charge is -2.23. The molecule has 0 unspecified atom stereocenters. The third-order valence-electron chi connectivity index (χ3n) is 3.63. The average Bonchev–Trinajstić information content (AvgIpc) is 2.83. The van der Waals surface area contributed by atoms with Crippen LogP contribution in [0.3, 0.4) is 0 Å². The summed E-state index contributed by atoms with van der Waals surface area (Å²) in [4.78, 5) is 0. The van der Waals surface area contributed by atoms with Crippen LogP contribution < -0.4 is 5.32 Å². The monoisotopic (exact) mass is 227 g/mol. The van der Waals surface area contributed by atoms with Gasteiger partial charge in [0, 0.05) is 25.9 Å². The van der Waals surface area contributed by atoms with Crippen molar-refractivity contribution >= 4 is 0 Å². The summed E-state index contributed by atoms with van der Waals surface area (Å²) in [5, 5.41) is 3.59. The van der Waals surface area contributed by atoms with Gasteiger partial charge in [-0.05, 0) is 38.6 Å². The Balaban J connectivity index is 1.42.